The number of hydrogen-bond acceptors (Lipinski definition) is 3. The number of carbonyl (C=O) groups excluding carboxylic acids is 1. The number of hydrogen-bond donors (Lipinski definition) is 1. The van der Waals surface area contributed by atoms with E-state index in [0.29, 0.717) is 31.5 Å². The van der Waals surface area contributed by atoms with Crippen LogP contribution in [-0.4, -0.2) is 40.0 Å². The summed E-state index contributed by atoms with van der Waals surface area (Å²) >= 11 is 0. The summed E-state index contributed by atoms with van der Waals surface area (Å²) in [4.78, 5) is 28.2. The first kappa shape index (κ1) is 13.5. The van der Waals surface area contributed by atoms with Crippen LogP contribution in [-0.2, 0) is 4.79 Å². The number of piperidine rings is 1. The maximum atomic E-state index is 12.7. The zero-order valence-electron chi connectivity index (χ0n) is 10.6. The topological polar surface area (TPSA) is 70.5 Å². The fourth-order valence-electron chi connectivity index (χ4n) is 2.10. The smallest absolute Gasteiger partial charge is 0.309 e. The molecule has 1 aliphatic heterocycles. The van der Waals surface area contributed by atoms with Crippen molar-refractivity contribution in [3.05, 3.63) is 29.8 Å². The van der Waals surface area contributed by atoms with E-state index < -0.39 is 17.3 Å². The first-order valence-corrected chi connectivity index (χ1v) is 6.07. The Morgan fingerprint density at radius 2 is 2.00 bits per heavy atom. The highest BCUT2D eigenvalue weighted by Gasteiger charge is 2.38. The Morgan fingerprint density at radius 1 is 1.37 bits per heavy atom. The van der Waals surface area contributed by atoms with Crippen molar-refractivity contribution >= 4 is 11.9 Å². The van der Waals surface area contributed by atoms with Gasteiger partial charge in [0.15, 0.2) is 0 Å². The van der Waals surface area contributed by atoms with Gasteiger partial charge in [-0.2, -0.15) is 4.39 Å². The quantitative estimate of drug-likeness (QED) is 0.824. The molecule has 0 aliphatic carbocycles. The van der Waals surface area contributed by atoms with Gasteiger partial charge in [0.2, 0.25) is 5.95 Å². The lowest BCUT2D eigenvalue weighted by molar-refractivity contribution is -0.150. The predicted molar refractivity (Wildman–Crippen MR) is 65.1 cm³/mol. The number of likely N-dealkylation sites (tertiary alicyclic amines) is 1. The highest BCUT2D eigenvalue weighted by Crippen LogP contribution is 2.31. The van der Waals surface area contributed by atoms with Gasteiger partial charge in [0.05, 0.1) is 11.0 Å². The van der Waals surface area contributed by atoms with Crippen LogP contribution in [0.25, 0.3) is 0 Å². The number of halogens is 1. The third kappa shape index (κ3) is 2.72. The molecule has 102 valence electrons. The Hall–Kier alpha value is -1.98. The molecule has 0 unspecified atom stereocenters. The number of carboxylic acid groups (broad SMARTS) is 1. The summed E-state index contributed by atoms with van der Waals surface area (Å²) in [7, 11) is 0. The standard InChI is InChI=1S/C13H15FN2O3/c1-13(12(18)19)4-6-16(7-5-13)11(17)9-2-3-10(14)15-8-9/h2-3,8H,4-7H2,1H3,(H,18,19). The monoisotopic (exact) mass is 266 g/mol. The summed E-state index contributed by atoms with van der Waals surface area (Å²) in [5.74, 6) is -1.70. The molecule has 0 atom stereocenters. The molecule has 2 heterocycles. The molecule has 1 saturated heterocycles. The molecule has 0 aromatic carbocycles. The van der Waals surface area contributed by atoms with Gasteiger partial charge in [0.1, 0.15) is 0 Å². The van der Waals surface area contributed by atoms with Crippen molar-refractivity contribution in [2.24, 2.45) is 5.41 Å². The number of aliphatic carboxylic acids is 1. The molecule has 1 aromatic rings. The molecule has 1 aliphatic rings. The van der Waals surface area contributed by atoms with Crippen molar-refractivity contribution in [1.82, 2.24) is 9.88 Å². The van der Waals surface area contributed by atoms with Crippen LogP contribution < -0.4 is 0 Å². The molecule has 19 heavy (non-hydrogen) atoms. The van der Waals surface area contributed by atoms with E-state index in [1.54, 1.807) is 11.8 Å². The minimum atomic E-state index is -0.831. The summed E-state index contributed by atoms with van der Waals surface area (Å²) in [5, 5.41) is 9.11. The lowest BCUT2D eigenvalue weighted by Gasteiger charge is -2.36. The van der Waals surface area contributed by atoms with Gasteiger partial charge in [0, 0.05) is 19.3 Å². The zero-order chi connectivity index (χ0) is 14.0. The van der Waals surface area contributed by atoms with Gasteiger partial charge < -0.3 is 10.0 Å². The number of aromatic nitrogens is 1. The Morgan fingerprint density at radius 3 is 2.47 bits per heavy atom. The van der Waals surface area contributed by atoms with E-state index in [4.69, 9.17) is 5.11 Å². The molecule has 1 amide bonds. The fourth-order valence-corrected chi connectivity index (χ4v) is 2.10. The van der Waals surface area contributed by atoms with Crippen LogP contribution in [0.1, 0.15) is 30.1 Å². The van der Waals surface area contributed by atoms with Crippen molar-refractivity contribution < 1.29 is 19.1 Å². The van der Waals surface area contributed by atoms with Gasteiger partial charge in [-0.15, -0.1) is 0 Å². The first-order chi connectivity index (χ1) is 8.92. The Balaban J connectivity index is 2.04. The Bertz CT molecular complexity index is 493. The SMILES string of the molecule is CC1(C(=O)O)CCN(C(=O)c2ccc(F)nc2)CC1. The van der Waals surface area contributed by atoms with Gasteiger partial charge in [0.25, 0.3) is 5.91 Å². The van der Waals surface area contributed by atoms with E-state index in [0.717, 1.165) is 6.07 Å². The summed E-state index contributed by atoms with van der Waals surface area (Å²) < 4.78 is 12.7. The van der Waals surface area contributed by atoms with Crippen LogP contribution in [0.3, 0.4) is 0 Å². The van der Waals surface area contributed by atoms with Gasteiger partial charge in [-0.25, -0.2) is 4.98 Å². The molecule has 1 aromatic heterocycles. The molecule has 1 fully saturated rings. The van der Waals surface area contributed by atoms with Crippen LogP contribution in [0.15, 0.2) is 18.3 Å². The zero-order valence-corrected chi connectivity index (χ0v) is 10.6. The highest BCUT2D eigenvalue weighted by atomic mass is 19.1. The number of carbonyl (C=O) groups is 2. The Labute approximate surface area is 110 Å². The van der Waals surface area contributed by atoms with E-state index in [1.807, 2.05) is 0 Å². The molecular formula is C13H15FN2O3. The lowest BCUT2D eigenvalue weighted by Crippen LogP contribution is -2.45. The lowest BCUT2D eigenvalue weighted by atomic mass is 9.80. The van der Waals surface area contributed by atoms with Gasteiger partial charge in [-0.1, -0.05) is 0 Å². The maximum Gasteiger partial charge on any atom is 0.309 e. The number of carboxylic acids is 1. The van der Waals surface area contributed by atoms with Crippen molar-refractivity contribution in [1.29, 1.82) is 0 Å². The van der Waals surface area contributed by atoms with Gasteiger partial charge >= 0.3 is 5.97 Å². The number of amides is 1. The van der Waals surface area contributed by atoms with Crippen molar-refractivity contribution in [2.75, 3.05) is 13.1 Å². The maximum absolute atomic E-state index is 12.7. The minimum Gasteiger partial charge on any atom is -0.481 e. The highest BCUT2D eigenvalue weighted by molar-refractivity contribution is 5.94. The van der Waals surface area contributed by atoms with Gasteiger partial charge in [-0.3, -0.25) is 9.59 Å². The van der Waals surface area contributed by atoms with E-state index in [2.05, 4.69) is 4.98 Å². The second-order valence-corrected chi connectivity index (χ2v) is 5.03. The molecule has 2 rings (SSSR count). The van der Waals surface area contributed by atoms with Crippen LogP contribution in [0.2, 0.25) is 0 Å². The summed E-state index contributed by atoms with van der Waals surface area (Å²) in [6.45, 7) is 2.47. The number of pyridine rings is 1. The molecule has 0 radical (unpaired) electrons. The van der Waals surface area contributed by atoms with E-state index >= 15 is 0 Å². The average Bonchev–Trinajstić information content (AvgIpc) is 2.39. The molecule has 0 bridgehead atoms. The third-order valence-corrected chi connectivity index (χ3v) is 3.64. The Kier molecular flexibility index (Phi) is 3.50. The largest absolute Gasteiger partial charge is 0.481 e. The van der Waals surface area contributed by atoms with Crippen molar-refractivity contribution in [3.8, 4) is 0 Å². The van der Waals surface area contributed by atoms with Crippen LogP contribution >= 0.6 is 0 Å². The van der Waals surface area contributed by atoms with Crippen LogP contribution in [0.5, 0.6) is 0 Å². The number of nitrogens with zero attached hydrogens (tertiary/aromatic N) is 2. The van der Waals surface area contributed by atoms with Crippen LogP contribution in [0, 0.1) is 11.4 Å². The second-order valence-electron chi connectivity index (χ2n) is 5.03. The molecule has 6 heteroatoms. The second kappa shape index (κ2) is 4.95. The fraction of sp³-hybridized carbons (Fsp3) is 0.462. The summed E-state index contributed by atoms with van der Waals surface area (Å²) in [5.41, 5.74) is -0.446. The summed E-state index contributed by atoms with van der Waals surface area (Å²) in [6, 6.07) is 2.52. The minimum absolute atomic E-state index is 0.236. The summed E-state index contributed by atoms with van der Waals surface area (Å²) in [6.07, 6.45) is 2.04. The predicted octanol–water partition coefficient (Wildman–Crippen LogP) is 1.55. The molecule has 0 saturated carbocycles. The van der Waals surface area contributed by atoms with Gasteiger partial charge in [-0.05, 0) is 31.9 Å². The molecule has 0 spiro atoms. The first-order valence-electron chi connectivity index (χ1n) is 6.07. The normalized spacial score (nSPS) is 18.1. The van der Waals surface area contributed by atoms with Crippen molar-refractivity contribution in [2.45, 2.75) is 19.8 Å². The number of rotatable bonds is 2. The average molecular weight is 266 g/mol. The van der Waals surface area contributed by atoms with Crippen molar-refractivity contribution in [3.63, 3.8) is 0 Å². The molecular weight excluding hydrogens is 251 g/mol. The third-order valence-electron chi connectivity index (χ3n) is 3.64. The molecule has 1 N–H and O–H groups in total. The van der Waals surface area contributed by atoms with E-state index in [1.165, 1.54) is 12.3 Å². The van der Waals surface area contributed by atoms with E-state index in [-0.39, 0.29) is 5.91 Å². The van der Waals surface area contributed by atoms with Crippen LogP contribution in [0.4, 0.5) is 4.39 Å². The molecule has 5 nitrogen and oxygen atoms in total. The van der Waals surface area contributed by atoms with E-state index in [9.17, 15) is 14.0 Å².